The molecule has 6 nitrogen and oxygen atoms in total. The number of oxime groups is 1. The summed E-state index contributed by atoms with van der Waals surface area (Å²) in [5, 5.41) is 11.9. The van der Waals surface area contributed by atoms with Crippen molar-refractivity contribution in [3.63, 3.8) is 0 Å². The Morgan fingerprint density at radius 3 is 2.75 bits per heavy atom. The molecule has 44 valence electrons. The van der Waals surface area contributed by atoms with Crippen LogP contribution in [0, 0.1) is 4.91 Å². The lowest BCUT2D eigenvalue weighted by atomic mass is 10.7. The van der Waals surface area contributed by atoms with Crippen LogP contribution < -0.4 is 5.43 Å². The summed E-state index contributed by atoms with van der Waals surface area (Å²) < 4.78 is 0. The number of rotatable bonds is 2. The molecule has 0 spiro atoms. The Kier molecular flexibility index (Phi) is 3.04. The van der Waals surface area contributed by atoms with E-state index in [0.717, 1.165) is 0 Å². The molecule has 2 N–H and O–H groups in total. The Labute approximate surface area is 44.1 Å². The zero-order chi connectivity index (χ0) is 6.41. The Morgan fingerprint density at radius 2 is 2.38 bits per heavy atom. The predicted molar refractivity (Wildman–Crippen MR) is 24.2 cm³/mol. The molecule has 0 aromatic rings. The summed E-state index contributed by atoms with van der Waals surface area (Å²) >= 11 is 0. The number of hydrogen-bond donors (Lipinski definition) is 2. The summed E-state index contributed by atoms with van der Waals surface area (Å²) in [6, 6.07) is 0. The smallest absolute Gasteiger partial charge is 0.288 e. The first-order valence-electron chi connectivity index (χ1n) is 1.61. The zero-order valence-corrected chi connectivity index (χ0v) is 3.74. The molecule has 0 fully saturated rings. The van der Waals surface area contributed by atoms with Gasteiger partial charge in [-0.25, -0.2) is 5.43 Å². The molecular weight excluding hydrogens is 114 g/mol. The maximum Gasteiger partial charge on any atom is 0.288 e. The van der Waals surface area contributed by atoms with Crippen LogP contribution in [0.4, 0.5) is 0 Å². The number of amides is 1. The van der Waals surface area contributed by atoms with E-state index in [1.807, 2.05) is 5.29 Å². The Morgan fingerprint density at radius 1 is 1.75 bits per heavy atom. The van der Waals surface area contributed by atoms with Gasteiger partial charge in [-0.1, -0.05) is 5.16 Å². The van der Waals surface area contributed by atoms with Gasteiger partial charge in [0.25, 0.3) is 5.91 Å². The highest BCUT2D eigenvalue weighted by molar-refractivity contribution is 6.25. The predicted octanol–water partition coefficient (Wildman–Crippen LogP) is -0.756. The fraction of sp³-hybridized carbons (Fsp3) is 0. The van der Waals surface area contributed by atoms with Gasteiger partial charge < -0.3 is 5.21 Å². The number of nitroso groups, excluding NO2 is 1. The molecule has 6 heteroatoms. The van der Waals surface area contributed by atoms with Gasteiger partial charge in [-0.2, -0.15) is 0 Å². The van der Waals surface area contributed by atoms with Crippen LogP contribution in [0.5, 0.6) is 0 Å². The molecule has 0 aliphatic carbocycles. The molecule has 0 aromatic heterocycles. The third kappa shape index (κ3) is 2.76. The van der Waals surface area contributed by atoms with Gasteiger partial charge in [-0.05, 0) is 0 Å². The molecule has 0 bridgehead atoms. The molecule has 0 unspecified atom stereocenters. The number of hydrogen-bond acceptors (Lipinski definition) is 5. The molecule has 0 rings (SSSR count). The molecule has 0 heterocycles. The van der Waals surface area contributed by atoms with E-state index in [-0.39, 0.29) is 0 Å². The van der Waals surface area contributed by atoms with Crippen molar-refractivity contribution in [1.82, 2.24) is 5.43 Å². The van der Waals surface area contributed by atoms with E-state index in [2.05, 4.69) is 5.16 Å². The normalized spacial score (nSPS) is 9.00. The van der Waals surface area contributed by atoms with E-state index in [0.29, 0.717) is 6.21 Å². The van der Waals surface area contributed by atoms with E-state index in [4.69, 9.17) is 10.1 Å². The van der Waals surface area contributed by atoms with E-state index in [9.17, 15) is 4.79 Å². The standard InChI is InChI=1S/C2H3N3O3/c6-2(1-3-7)4-5-8/h1,7H,(H,4,6,8). The second kappa shape index (κ2) is 3.72. The maximum atomic E-state index is 9.93. The first kappa shape index (κ1) is 6.54. The number of nitrogens with one attached hydrogen (secondary N) is 1. The minimum absolute atomic E-state index is 0.515. The minimum atomic E-state index is -0.859. The summed E-state index contributed by atoms with van der Waals surface area (Å²) in [5.74, 6) is -0.859. The topological polar surface area (TPSA) is 91.1 Å². The molecule has 0 saturated carbocycles. The molecule has 8 heavy (non-hydrogen) atoms. The fourth-order valence-corrected chi connectivity index (χ4v) is 0.126. The monoisotopic (exact) mass is 117 g/mol. The molecule has 1 amide bonds. The van der Waals surface area contributed by atoms with E-state index >= 15 is 0 Å². The van der Waals surface area contributed by atoms with Gasteiger partial charge in [0.1, 0.15) is 6.21 Å². The summed E-state index contributed by atoms with van der Waals surface area (Å²) in [7, 11) is 0. The second-order valence-corrected chi connectivity index (χ2v) is 0.812. The summed E-state index contributed by atoms with van der Waals surface area (Å²) in [4.78, 5) is 19.1. The molecular formula is C2H3N3O3. The van der Waals surface area contributed by atoms with Gasteiger partial charge in [-0.3, -0.25) is 4.79 Å². The SMILES string of the molecule is O=NNC(=O)C=NO. The van der Waals surface area contributed by atoms with Crippen LogP contribution in [0.25, 0.3) is 0 Å². The Hall–Kier alpha value is -1.46. The van der Waals surface area contributed by atoms with Crippen LogP contribution in [0.2, 0.25) is 0 Å². The molecule has 0 aromatic carbocycles. The molecule has 0 radical (unpaired) electrons. The van der Waals surface area contributed by atoms with Gasteiger partial charge in [-0.15, -0.1) is 4.91 Å². The number of carbonyl (C=O) groups excluding carboxylic acids is 1. The average molecular weight is 117 g/mol. The van der Waals surface area contributed by atoms with Gasteiger partial charge in [0.2, 0.25) is 0 Å². The van der Waals surface area contributed by atoms with E-state index in [1.54, 1.807) is 0 Å². The molecule has 0 atom stereocenters. The highest BCUT2D eigenvalue weighted by Gasteiger charge is 1.90. The minimum Gasteiger partial charge on any atom is -0.411 e. The van der Waals surface area contributed by atoms with Crippen LogP contribution in [0.15, 0.2) is 10.4 Å². The first-order valence-corrected chi connectivity index (χ1v) is 1.61. The van der Waals surface area contributed by atoms with Crippen molar-refractivity contribution >= 4 is 12.1 Å². The van der Waals surface area contributed by atoms with Gasteiger partial charge in [0, 0.05) is 0 Å². The quantitative estimate of drug-likeness (QED) is 0.215. The van der Waals surface area contributed by atoms with Crippen molar-refractivity contribution in [3.05, 3.63) is 4.91 Å². The van der Waals surface area contributed by atoms with E-state index < -0.39 is 5.91 Å². The first-order chi connectivity index (χ1) is 3.81. The molecule has 0 aliphatic rings. The fourth-order valence-electron chi connectivity index (χ4n) is 0.126. The molecule has 0 saturated heterocycles. The summed E-state index contributed by atoms with van der Waals surface area (Å²) in [5.41, 5.74) is 1.47. The lowest BCUT2D eigenvalue weighted by molar-refractivity contribution is -0.114. The highest BCUT2D eigenvalue weighted by atomic mass is 16.4. The summed E-state index contributed by atoms with van der Waals surface area (Å²) in [6.45, 7) is 0. The third-order valence-electron chi connectivity index (χ3n) is 0.331. The van der Waals surface area contributed by atoms with Crippen molar-refractivity contribution in [2.45, 2.75) is 0 Å². The maximum absolute atomic E-state index is 9.93. The summed E-state index contributed by atoms with van der Waals surface area (Å²) in [6.07, 6.45) is 0.515. The Balaban J connectivity index is 3.48. The van der Waals surface area contributed by atoms with Crippen molar-refractivity contribution < 1.29 is 10.0 Å². The highest BCUT2D eigenvalue weighted by Crippen LogP contribution is 1.57. The van der Waals surface area contributed by atoms with Crippen LogP contribution in [-0.4, -0.2) is 17.3 Å². The lowest BCUT2D eigenvalue weighted by Crippen LogP contribution is -2.16. The van der Waals surface area contributed by atoms with Crippen LogP contribution >= 0.6 is 0 Å². The number of nitrogens with zero attached hydrogens (tertiary/aromatic N) is 2. The Bertz CT molecular complexity index is 120. The molecule has 0 aliphatic heterocycles. The van der Waals surface area contributed by atoms with E-state index in [1.165, 1.54) is 5.43 Å². The van der Waals surface area contributed by atoms with Crippen molar-refractivity contribution in [3.8, 4) is 0 Å². The third-order valence-corrected chi connectivity index (χ3v) is 0.331. The van der Waals surface area contributed by atoms with Crippen molar-refractivity contribution in [1.29, 1.82) is 0 Å². The van der Waals surface area contributed by atoms with Gasteiger partial charge in [0.15, 0.2) is 0 Å². The average Bonchev–Trinajstić information content (AvgIpc) is 1.68. The largest absolute Gasteiger partial charge is 0.411 e. The number of carbonyl (C=O) groups is 1. The van der Waals surface area contributed by atoms with Crippen LogP contribution in [0.3, 0.4) is 0 Å². The second-order valence-electron chi connectivity index (χ2n) is 0.812. The van der Waals surface area contributed by atoms with Gasteiger partial charge >= 0.3 is 0 Å². The van der Waals surface area contributed by atoms with Crippen LogP contribution in [0.1, 0.15) is 0 Å². The van der Waals surface area contributed by atoms with Crippen molar-refractivity contribution in [2.75, 3.05) is 0 Å². The zero-order valence-electron chi connectivity index (χ0n) is 3.74. The lowest BCUT2D eigenvalue weighted by Gasteiger charge is -1.80. The van der Waals surface area contributed by atoms with Crippen molar-refractivity contribution in [2.24, 2.45) is 10.4 Å². The van der Waals surface area contributed by atoms with Crippen LogP contribution in [-0.2, 0) is 4.79 Å². The van der Waals surface area contributed by atoms with Gasteiger partial charge in [0.05, 0.1) is 5.29 Å².